The molecule has 3 heterocycles. The fraction of sp³-hybridized carbons (Fsp3) is 0.538. The van der Waals surface area contributed by atoms with E-state index >= 15 is 0 Å². The molecule has 1 aliphatic heterocycles. The SMILES string of the molecule is OCCc1c[nH]c2ncnc(NC3CCCNC3)c12. The monoisotopic (exact) mass is 261 g/mol. The first-order valence-corrected chi connectivity index (χ1v) is 6.77. The van der Waals surface area contributed by atoms with Crippen LogP contribution in [0.1, 0.15) is 18.4 Å². The van der Waals surface area contributed by atoms with Crippen LogP contribution in [0.15, 0.2) is 12.5 Å². The Balaban J connectivity index is 1.90. The lowest BCUT2D eigenvalue weighted by molar-refractivity contribution is 0.300. The lowest BCUT2D eigenvalue weighted by Gasteiger charge is -2.24. The Morgan fingerprint density at radius 1 is 1.42 bits per heavy atom. The van der Waals surface area contributed by atoms with Gasteiger partial charge in [-0.3, -0.25) is 0 Å². The third-order valence-corrected chi connectivity index (χ3v) is 3.57. The number of hydrogen-bond donors (Lipinski definition) is 4. The largest absolute Gasteiger partial charge is 0.396 e. The minimum absolute atomic E-state index is 0.131. The van der Waals surface area contributed by atoms with Crippen LogP contribution >= 0.6 is 0 Å². The molecular weight excluding hydrogens is 242 g/mol. The van der Waals surface area contributed by atoms with E-state index in [9.17, 15) is 0 Å². The quantitative estimate of drug-likeness (QED) is 0.649. The second kappa shape index (κ2) is 5.54. The maximum absolute atomic E-state index is 9.12. The summed E-state index contributed by atoms with van der Waals surface area (Å²) in [7, 11) is 0. The van der Waals surface area contributed by atoms with Gasteiger partial charge < -0.3 is 20.7 Å². The average molecular weight is 261 g/mol. The molecule has 2 aromatic heterocycles. The molecule has 6 heteroatoms. The second-order valence-electron chi connectivity index (χ2n) is 4.92. The van der Waals surface area contributed by atoms with Gasteiger partial charge in [-0.25, -0.2) is 9.97 Å². The van der Waals surface area contributed by atoms with E-state index in [0.717, 1.165) is 41.9 Å². The average Bonchev–Trinajstić information content (AvgIpc) is 2.85. The van der Waals surface area contributed by atoms with Crippen molar-refractivity contribution in [3.05, 3.63) is 18.1 Å². The highest BCUT2D eigenvalue weighted by atomic mass is 16.2. The van der Waals surface area contributed by atoms with Gasteiger partial charge in [0.1, 0.15) is 17.8 Å². The molecule has 0 spiro atoms. The molecule has 1 aliphatic rings. The molecule has 0 aliphatic carbocycles. The van der Waals surface area contributed by atoms with E-state index in [1.165, 1.54) is 6.42 Å². The highest BCUT2D eigenvalue weighted by Crippen LogP contribution is 2.24. The lowest BCUT2D eigenvalue weighted by atomic mass is 10.1. The molecule has 6 nitrogen and oxygen atoms in total. The van der Waals surface area contributed by atoms with Gasteiger partial charge in [-0.1, -0.05) is 0 Å². The van der Waals surface area contributed by atoms with Gasteiger partial charge in [-0.15, -0.1) is 0 Å². The zero-order valence-corrected chi connectivity index (χ0v) is 10.8. The van der Waals surface area contributed by atoms with Crippen molar-refractivity contribution in [2.24, 2.45) is 0 Å². The topological polar surface area (TPSA) is 85.9 Å². The molecule has 0 aromatic carbocycles. The van der Waals surface area contributed by atoms with Crippen molar-refractivity contribution in [1.82, 2.24) is 20.3 Å². The summed E-state index contributed by atoms with van der Waals surface area (Å²) in [5.41, 5.74) is 1.88. The highest BCUT2D eigenvalue weighted by molar-refractivity contribution is 5.90. The fourth-order valence-electron chi connectivity index (χ4n) is 2.62. The first kappa shape index (κ1) is 12.4. The molecule has 19 heavy (non-hydrogen) atoms. The van der Waals surface area contributed by atoms with Crippen molar-refractivity contribution in [2.75, 3.05) is 25.0 Å². The number of piperidine rings is 1. The Morgan fingerprint density at radius 3 is 3.16 bits per heavy atom. The zero-order chi connectivity index (χ0) is 13.1. The predicted octanol–water partition coefficient (Wildman–Crippen LogP) is 0.657. The van der Waals surface area contributed by atoms with E-state index < -0.39 is 0 Å². The van der Waals surface area contributed by atoms with E-state index in [1.807, 2.05) is 6.20 Å². The lowest BCUT2D eigenvalue weighted by Crippen LogP contribution is -2.38. The zero-order valence-electron chi connectivity index (χ0n) is 10.8. The number of nitrogens with one attached hydrogen (secondary N) is 3. The molecule has 4 N–H and O–H groups in total. The highest BCUT2D eigenvalue weighted by Gasteiger charge is 2.16. The molecule has 0 radical (unpaired) electrons. The Hall–Kier alpha value is -1.66. The van der Waals surface area contributed by atoms with Crippen LogP contribution in [0.5, 0.6) is 0 Å². The summed E-state index contributed by atoms with van der Waals surface area (Å²) in [6.07, 6.45) is 6.42. The van der Waals surface area contributed by atoms with Crippen LogP contribution in [0.2, 0.25) is 0 Å². The summed E-state index contributed by atoms with van der Waals surface area (Å²) in [5.74, 6) is 0.864. The van der Waals surface area contributed by atoms with Crippen molar-refractivity contribution < 1.29 is 5.11 Å². The van der Waals surface area contributed by atoms with Crippen LogP contribution in [0.25, 0.3) is 11.0 Å². The number of aliphatic hydroxyl groups excluding tert-OH is 1. The molecule has 0 amide bonds. The minimum Gasteiger partial charge on any atom is -0.396 e. The maximum Gasteiger partial charge on any atom is 0.143 e. The van der Waals surface area contributed by atoms with Gasteiger partial charge in [0.2, 0.25) is 0 Å². The molecule has 3 rings (SSSR count). The van der Waals surface area contributed by atoms with Gasteiger partial charge in [-0.05, 0) is 31.4 Å². The number of anilines is 1. The number of hydrogen-bond acceptors (Lipinski definition) is 5. The Bertz CT molecular complexity index is 547. The Kier molecular flexibility index (Phi) is 3.61. The number of nitrogens with zero attached hydrogens (tertiary/aromatic N) is 2. The Labute approximate surface area is 111 Å². The summed E-state index contributed by atoms with van der Waals surface area (Å²) >= 11 is 0. The van der Waals surface area contributed by atoms with E-state index in [1.54, 1.807) is 6.33 Å². The number of fused-ring (bicyclic) bond motifs is 1. The van der Waals surface area contributed by atoms with Crippen LogP contribution in [0.4, 0.5) is 5.82 Å². The molecule has 1 fully saturated rings. The maximum atomic E-state index is 9.12. The molecule has 102 valence electrons. The van der Waals surface area contributed by atoms with Crippen molar-refractivity contribution in [3.8, 4) is 0 Å². The standard InChI is InChI=1S/C13H19N5O/c19-5-3-9-6-15-12-11(9)13(17-8-16-12)18-10-2-1-4-14-7-10/h6,8,10,14,19H,1-5,7H2,(H2,15,16,17,18). The number of aliphatic hydroxyl groups is 1. The van der Waals surface area contributed by atoms with Gasteiger partial charge in [-0.2, -0.15) is 0 Å². The van der Waals surface area contributed by atoms with Crippen molar-refractivity contribution in [2.45, 2.75) is 25.3 Å². The van der Waals surface area contributed by atoms with Gasteiger partial charge in [0, 0.05) is 25.4 Å². The minimum atomic E-state index is 0.131. The third-order valence-electron chi connectivity index (χ3n) is 3.57. The second-order valence-corrected chi connectivity index (χ2v) is 4.92. The number of rotatable bonds is 4. The first-order chi connectivity index (χ1) is 9.38. The number of aromatic amines is 1. The van der Waals surface area contributed by atoms with Gasteiger partial charge in [0.15, 0.2) is 0 Å². The van der Waals surface area contributed by atoms with Crippen molar-refractivity contribution in [3.63, 3.8) is 0 Å². The summed E-state index contributed by atoms with van der Waals surface area (Å²) in [5, 5.41) is 17.0. The first-order valence-electron chi connectivity index (χ1n) is 6.77. The molecule has 2 aromatic rings. The normalized spacial score (nSPS) is 19.7. The summed E-state index contributed by atoms with van der Waals surface area (Å²) in [6.45, 7) is 2.19. The molecular formula is C13H19N5O. The molecule has 1 unspecified atom stereocenters. The van der Waals surface area contributed by atoms with E-state index in [-0.39, 0.29) is 6.61 Å². The van der Waals surface area contributed by atoms with Crippen LogP contribution in [0, 0.1) is 0 Å². The molecule has 1 saturated heterocycles. The Morgan fingerprint density at radius 2 is 2.37 bits per heavy atom. The van der Waals surface area contributed by atoms with Crippen LogP contribution in [-0.4, -0.2) is 45.8 Å². The summed E-state index contributed by atoms with van der Waals surface area (Å²) in [6, 6.07) is 0.406. The van der Waals surface area contributed by atoms with Crippen LogP contribution < -0.4 is 10.6 Å². The number of aromatic nitrogens is 3. The fourth-order valence-corrected chi connectivity index (χ4v) is 2.62. The van der Waals surface area contributed by atoms with Crippen LogP contribution in [0.3, 0.4) is 0 Å². The molecule has 0 saturated carbocycles. The van der Waals surface area contributed by atoms with Crippen molar-refractivity contribution >= 4 is 16.9 Å². The molecule has 0 bridgehead atoms. The number of H-pyrrole nitrogens is 1. The van der Waals surface area contributed by atoms with Gasteiger partial charge in [0.25, 0.3) is 0 Å². The smallest absolute Gasteiger partial charge is 0.143 e. The van der Waals surface area contributed by atoms with E-state index in [0.29, 0.717) is 12.5 Å². The summed E-state index contributed by atoms with van der Waals surface area (Å²) < 4.78 is 0. The third kappa shape index (κ3) is 2.54. The summed E-state index contributed by atoms with van der Waals surface area (Å²) in [4.78, 5) is 11.7. The van der Waals surface area contributed by atoms with E-state index in [4.69, 9.17) is 5.11 Å². The predicted molar refractivity (Wildman–Crippen MR) is 74.2 cm³/mol. The molecule has 1 atom stereocenters. The van der Waals surface area contributed by atoms with Gasteiger partial charge >= 0.3 is 0 Å². The van der Waals surface area contributed by atoms with Crippen molar-refractivity contribution in [1.29, 1.82) is 0 Å². The van der Waals surface area contributed by atoms with Crippen LogP contribution in [-0.2, 0) is 6.42 Å². The van der Waals surface area contributed by atoms with E-state index in [2.05, 4.69) is 25.6 Å². The van der Waals surface area contributed by atoms with Gasteiger partial charge in [0.05, 0.1) is 5.39 Å².